The van der Waals surface area contributed by atoms with Crippen LogP contribution in [0.3, 0.4) is 0 Å². The summed E-state index contributed by atoms with van der Waals surface area (Å²) in [6.07, 6.45) is 3.53. The molecule has 0 saturated carbocycles. The number of rotatable bonds is 4. The van der Waals surface area contributed by atoms with E-state index >= 15 is 0 Å². The highest BCUT2D eigenvalue weighted by atomic mass is 15.1. The van der Waals surface area contributed by atoms with Crippen molar-refractivity contribution in [3.05, 3.63) is 23.9 Å². The third-order valence-corrected chi connectivity index (χ3v) is 3.34. The van der Waals surface area contributed by atoms with Crippen molar-refractivity contribution in [3.63, 3.8) is 0 Å². The SMILES string of the molecule is CCCN1CCC(Nc2cccc(C#N)n2)CC1. The number of piperidine rings is 1. The van der Waals surface area contributed by atoms with Crippen LogP contribution in [-0.4, -0.2) is 35.6 Å². The molecule has 1 aromatic rings. The first-order valence-electron chi connectivity index (χ1n) is 6.68. The lowest BCUT2D eigenvalue weighted by Crippen LogP contribution is -2.39. The number of likely N-dealkylation sites (tertiary alicyclic amines) is 1. The molecule has 0 spiro atoms. The largest absolute Gasteiger partial charge is 0.367 e. The summed E-state index contributed by atoms with van der Waals surface area (Å²) in [5, 5.41) is 12.2. The summed E-state index contributed by atoms with van der Waals surface area (Å²) in [6, 6.07) is 8.09. The highest BCUT2D eigenvalue weighted by Crippen LogP contribution is 2.15. The molecule has 1 aromatic heterocycles. The fourth-order valence-corrected chi connectivity index (χ4v) is 2.40. The fraction of sp³-hybridized carbons (Fsp3) is 0.571. The van der Waals surface area contributed by atoms with Crippen LogP contribution in [0.15, 0.2) is 18.2 Å². The molecule has 0 atom stereocenters. The van der Waals surface area contributed by atoms with E-state index in [2.05, 4.69) is 28.2 Å². The van der Waals surface area contributed by atoms with Gasteiger partial charge >= 0.3 is 0 Å². The fourth-order valence-electron chi connectivity index (χ4n) is 2.40. The smallest absolute Gasteiger partial charge is 0.142 e. The third-order valence-electron chi connectivity index (χ3n) is 3.34. The minimum Gasteiger partial charge on any atom is -0.367 e. The van der Waals surface area contributed by atoms with Crippen LogP contribution in [0.4, 0.5) is 5.82 Å². The average Bonchev–Trinajstić information content (AvgIpc) is 2.42. The maximum Gasteiger partial charge on any atom is 0.142 e. The van der Waals surface area contributed by atoms with Gasteiger partial charge in [-0.15, -0.1) is 0 Å². The molecular formula is C14H20N4. The van der Waals surface area contributed by atoms with Crippen molar-refractivity contribution in [2.75, 3.05) is 25.0 Å². The maximum atomic E-state index is 8.81. The summed E-state index contributed by atoms with van der Waals surface area (Å²) in [5.41, 5.74) is 0.475. The number of nitrogens with one attached hydrogen (secondary N) is 1. The minimum absolute atomic E-state index is 0.475. The van der Waals surface area contributed by atoms with Crippen LogP contribution in [0.2, 0.25) is 0 Å². The van der Waals surface area contributed by atoms with E-state index in [1.165, 1.54) is 13.0 Å². The number of hydrogen-bond acceptors (Lipinski definition) is 4. The topological polar surface area (TPSA) is 52.0 Å². The Morgan fingerprint density at radius 3 is 2.89 bits per heavy atom. The molecule has 0 aliphatic carbocycles. The van der Waals surface area contributed by atoms with Gasteiger partial charge < -0.3 is 10.2 Å². The van der Waals surface area contributed by atoms with Crippen LogP contribution in [0.25, 0.3) is 0 Å². The summed E-state index contributed by atoms with van der Waals surface area (Å²) in [7, 11) is 0. The van der Waals surface area contributed by atoms with E-state index < -0.39 is 0 Å². The summed E-state index contributed by atoms with van der Waals surface area (Å²) in [4.78, 5) is 6.77. The van der Waals surface area contributed by atoms with E-state index in [0.29, 0.717) is 11.7 Å². The summed E-state index contributed by atoms with van der Waals surface area (Å²) < 4.78 is 0. The molecule has 1 saturated heterocycles. The highest BCUT2D eigenvalue weighted by molar-refractivity contribution is 5.39. The molecule has 1 aliphatic rings. The van der Waals surface area contributed by atoms with Crippen molar-refractivity contribution in [1.82, 2.24) is 9.88 Å². The Hall–Kier alpha value is -1.60. The van der Waals surface area contributed by atoms with Gasteiger partial charge in [-0.2, -0.15) is 5.26 Å². The van der Waals surface area contributed by atoms with Gasteiger partial charge in [0.05, 0.1) is 0 Å². The van der Waals surface area contributed by atoms with Gasteiger partial charge in [0, 0.05) is 19.1 Å². The number of nitrogens with zero attached hydrogens (tertiary/aromatic N) is 3. The Morgan fingerprint density at radius 1 is 1.44 bits per heavy atom. The van der Waals surface area contributed by atoms with Crippen LogP contribution < -0.4 is 5.32 Å². The molecule has 0 bridgehead atoms. The molecule has 4 nitrogen and oxygen atoms in total. The summed E-state index contributed by atoms with van der Waals surface area (Å²) in [6.45, 7) is 5.74. The van der Waals surface area contributed by atoms with Crippen LogP contribution in [0, 0.1) is 11.3 Å². The van der Waals surface area contributed by atoms with Gasteiger partial charge in [-0.05, 0) is 37.9 Å². The Morgan fingerprint density at radius 2 is 2.22 bits per heavy atom. The molecule has 1 N–H and O–H groups in total. The van der Waals surface area contributed by atoms with Gasteiger partial charge in [-0.3, -0.25) is 0 Å². The van der Waals surface area contributed by atoms with Crippen LogP contribution >= 0.6 is 0 Å². The van der Waals surface area contributed by atoms with Crippen molar-refractivity contribution in [2.45, 2.75) is 32.2 Å². The van der Waals surface area contributed by atoms with E-state index in [1.54, 1.807) is 6.07 Å². The lowest BCUT2D eigenvalue weighted by Gasteiger charge is -2.32. The molecule has 0 radical (unpaired) electrons. The van der Waals surface area contributed by atoms with Crippen LogP contribution in [0.1, 0.15) is 31.9 Å². The second kappa shape index (κ2) is 6.36. The van der Waals surface area contributed by atoms with Gasteiger partial charge in [0.1, 0.15) is 17.6 Å². The molecule has 1 fully saturated rings. The van der Waals surface area contributed by atoms with E-state index in [0.717, 1.165) is 31.7 Å². The molecule has 2 heterocycles. The summed E-state index contributed by atoms with van der Waals surface area (Å²) >= 11 is 0. The quantitative estimate of drug-likeness (QED) is 0.882. The standard InChI is InChI=1S/C14H20N4/c1-2-8-18-9-6-12(7-10-18)16-14-5-3-4-13(11-15)17-14/h3-5,12H,2,6-10H2,1H3,(H,16,17). The van der Waals surface area contributed by atoms with Crippen molar-refractivity contribution in [3.8, 4) is 6.07 Å². The second-order valence-corrected chi connectivity index (χ2v) is 4.78. The van der Waals surface area contributed by atoms with Crippen LogP contribution in [0.5, 0.6) is 0 Å². The molecule has 4 heteroatoms. The molecular weight excluding hydrogens is 224 g/mol. The van der Waals surface area contributed by atoms with E-state index in [9.17, 15) is 0 Å². The first kappa shape index (κ1) is 12.8. The zero-order valence-electron chi connectivity index (χ0n) is 10.9. The molecule has 2 rings (SSSR count). The van der Waals surface area contributed by atoms with E-state index in [1.807, 2.05) is 12.1 Å². The van der Waals surface area contributed by atoms with Gasteiger partial charge in [0.15, 0.2) is 0 Å². The minimum atomic E-state index is 0.475. The number of aromatic nitrogens is 1. The first-order valence-corrected chi connectivity index (χ1v) is 6.68. The van der Waals surface area contributed by atoms with Crippen LogP contribution in [-0.2, 0) is 0 Å². The maximum absolute atomic E-state index is 8.81. The Bertz CT molecular complexity index is 416. The number of nitriles is 1. The number of hydrogen-bond donors (Lipinski definition) is 1. The molecule has 1 aliphatic heterocycles. The van der Waals surface area contributed by atoms with E-state index in [-0.39, 0.29) is 0 Å². The lowest BCUT2D eigenvalue weighted by atomic mass is 10.0. The number of pyridine rings is 1. The third kappa shape index (κ3) is 3.44. The molecule has 18 heavy (non-hydrogen) atoms. The van der Waals surface area contributed by atoms with Gasteiger partial charge in [0.25, 0.3) is 0 Å². The summed E-state index contributed by atoms with van der Waals surface area (Å²) in [5.74, 6) is 0.822. The van der Waals surface area contributed by atoms with Crippen molar-refractivity contribution >= 4 is 5.82 Å². The Kier molecular flexibility index (Phi) is 4.54. The molecule has 0 aromatic carbocycles. The first-order chi connectivity index (χ1) is 8.81. The second-order valence-electron chi connectivity index (χ2n) is 4.78. The van der Waals surface area contributed by atoms with E-state index in [4.69, 9.17) is 5.26 Å². The molecule has 96 valence electrons. The van der Waals surface area contributed by atoms with Gasteiger partial charge in [-0.1, -0.05) is 13.0 Å². The van der Waals surface area contributed by atoms with Crippen molar-refractivity contribution in [1.29, 1.82) is 5.26 Å². The van der Waals surface area contributed by atoms with Gasteiger partial charge in [0.2, 0.25) is 0 Å². The monoisotopic (exact) mass is 244 g/mol. The van der Waals surface area contributed by atoms with Gasteiger partial charge in [-0.25, -0.2) is 4.98 Å². The Labute approximate surface area is 109 Å². The van der Waals surface area contributed by atoms with Crippen molar-refractivity contribution in [2.24, 2.45) is 0 Å². The highest BCUT2D eigenvalue weighted by Gasteiger charge is 2.18. The lowest BCUT2D eigenvalue weighted by molar-refractivity contribution is 0.219. The molecule has 0 unspecified atom stereocenters. The Balaban J connectivity index is 1.86. The van der Waals surface area contributed by atoms with Crippen molar-refractivity contribution < 1.29 is 0 Å². The predicted octanol–water partition coefficient (Wildman–Crippen LogP) is 2.24. The average molecular weight is 244 g/mol. The zero-order chi connectivity index (χ0) is 12.8. The normalized spacial score (nSPS) is 17.3. The zero-order valence-corrected chi connectivity index (χ0v) is 10.9. The predicted molar refractivity (Wildman–Crippen MR) is 72.3 cm³/mol. The number of anilines is 1. The molecule has 0 amide bonds.